The van der Waals surface area contributed by atoms with Crippen molar-refractivity contribution in [1.29, 1.82) is 0 Å². The second-order valence-electron chi connectivity index (χ2n) is 7.57. The van der Waals surface area contributed by atoms with Crippen LogP contribution in [0.15, 0.2) is 34.2 Å². The molecule has 3 heterocycles. The van der Waals surface area contributed by atoms with E-state index in [1.165, 1.54) is 11.8 Å². The number of benzene rings is 1. The number of hydrogen-bond acceptors (Lipinski definition) is 5. The number of nitrogens with zero attached hydrogens (tertiary/aromatic N) is 3. The van der Waals surface area contributed by atoms with Gasteiger partial charge in [-0.15, -0.1) is 0 Å². The average Bonchev–Trinajstić information content (AvgIpc) is 3.11. The Morgan fingerprint density at radius 3 is 2.93 bits per heavy atom. The standard InChI is InChI=1S/C22H26N4O3S/c1-4-5-8-26-21(28)20-16(12-15(3)23-20)24-22(26)30-13-19(27)25-9-10-29-18-7-6-14(2)11-17(18)25/h6-7,11-12,23H,4-5,8-10,13H2,1-3H3. The summed E-state index contributed by atoms with van der Waals surface area (Å²) >= 11 is 1.32. The maximum atomic E-state index is 13.1. The molecule has 0 bridgehead atoms. The van der Waals surface area contributed by atoms with Gasteiger partial charge in [0.1, 0.15) is 17.9 Å². The molecule has 30 heavy (non-hydrogen) atoms. The summed E-state index contributed by atoms with van der Waals surface area (Å²) in [7, 11) is 0. The number of carbonyl (C=O) groups is 1. The van der Waals surface area contributed by atoms with Gasteiger partial charge >= 0.3 is 0 Å². The van der Waals surface area contributed by atoms with Crippen LogP contribution in [0, 0.1) is 13.8 Å². The molecule has 1 aromatic carbocycles. The number of carbonyl (C=O) groups excluding carboxylic acids is 1. The number of aromatic nitrogens is 3. The highest BCUT2D eigenvalue weighted by atomic mass is 32.2. The van der Waals surface area contributed by atoms with Gasteiger partial charge in [0.25, 0.3) is 5.56 Å². The molecule has 0 spiro atoms. The van der Waals surface area contributed by atoms with Crippen molar-refractivity contribution in [1.82, 2.24) is 14.5 Å². The van der Waals surface area contributed by atoms with Crippen LogP contribution in [-0.2, 0) is 11.3 Å². The summed E-state index contributed by atoms with van der Waals surface area (Å²) in [5, 5.41) is 0.589. The Balaban J connectivity index is 1.60. The van der Waals surface area contributed by atoms with Crippen molar-refractivity contribution >= 4 is 34.4 Å². The molecule has 3 aromatic rings. The van der Waals surface area contributed by atoms with Gasteiger partial charge in [-0.25, -0.2) is 4.98 Å². The fourth-order valence-electron chi connectivity index (χ4n) is 3.63. The number of aromatic amines is 1. The largest absolute Gasteiger partial charge is 0.490 e. The molecule has 0 fully saturated rings. The summed E-state index contributed by atoms with van der Waals surface area (Å²) < 4.78 is 7.38. The van der Waals surface area contributed by atoms with Crippen LogP contribution in [0.25, 0.3) is 11.0 Å². The van der Waals surface area contributed by atoms with Gasteiger partial charge in [0.05, 0.1) is 23.5 Å². The number of aryl methyl sites for hydroxylation is 2. The summed E-state index contributed by atoms with van der Waals surface area (Å²) in [6.07, 6.45) is 1.85. The average molecular weight is 427 g/mol. The van der Waals surface area contributed by atoms with Gasteiger partial charge in [-0.05, 0) is 44.0 Å². The summed E-state index contributed by atoms with van der Waals surface area (Å²) in [6.45, 7) is 7.57. The number of anilines is 1. The molecule has 0 unspecified atom stereocenters. The Hall–Kier alpha value is -2.74. The van der Waals surface area contributed by atoms with Crippen LogP contribution in [0.3, 0.4) is 0 Å². The maximum absolute atomic E-state index is 13.1. The van der Waals surface area contributed by atoms with Gasteiger partial charge in [0, 0.05) is 12.2 Å². The molecule has 0 saturated heterocycles. The molecule has 1 N–H and O–H groups in total. The third kappa shape index (κ3) is 3.96. The Bertz CT molecular complexity index is 1150. The number of rotatable bonds is 6. The highest BCUT2D eigenvalue weighted by molar-refractivity contribution is 7.99. The smallest absolute Gasteiger partial charge is 0.278 e. The van der Waals surface area contributed by atoms with Crippen molar-refractivity contribution in [2.24, 2.45) is 0 Å². The van der Waals surface area contributed by atoms with Gasteiger partial charge in [-0.1, -0.05) is 31.2 Å². The number of thioether (sulfide) groups is 1. The summed E-state index contributed by atoms with van der Waals surface area (Å²) in [4.78, 5) is 35.6. The number of H-pyrrole nitrogens is 1. The van der Waals surface area contributed by atoms with Gasteiger partial charge in [-0.2, -0.15) is 0 Å². The Morgan fingerprint density at radius 1 is 1.30 bits per heavy atom. The van der Waals surface area contributed by atoms with Crippen molar-refractivity contribution in [3.8, 4) is 5.75 Å². The minimum atomic E-state index is -0.0798. The van der Waals surface area contributed by atoms with E-state index in [1.807, 2.05) is 38.1 Å². The molecule has 7 nitrogen and oxygen atoms in total. The second kappa shape index (κ2) is 8.55. The highest BCUT2D eigenvalue weighted by Crippen LogP contribution is 2.33. The first-order valence-electron chi connectivity index (χ1n) is 10.2. The zero-order valence-corrected chi connectivity index (χ0v) is 18.3. The van der Waals surface area contributed by atoms with Crippen LogP contribution in [-0.4, -0.2) is 39.3 Å². The van der Waals surface area contributed by atoms with Crippen LogP contribution >= 0.6 is 11.8 Å². The number of hydrogen-bond donors (Lipinski definition) is 1. The van der Waals surface area contributed by atoms with Gasteiger partial charge in [0.15, 0.2) is 5.16 Å². The van der Waals surface area contributed by atoms with Crippen molar-refractivity contribution in [2.75, 3.05) is 23.8 Å². The van der Waals surface area contributed by atoms with E-state index in [4.69, 9.17) is 4.74 Å². The van der Waals surface area contributed by atoms with E-state index in [0.717, 1.165) is 35.5 Å². The van der Waals surface area contributed by atoms with Gasteiger partial charge in [0.2, 0.25) is 5.91 Å². The second-order valence-corrected chi connectivity index (χ2v) is 8.51. The number of unbranched alkanes of at least 4 members (excludes halogenated alkanes) is 1. The highest BCUT2D eigenvalue weighted by Gasteiger charge is 2.24. The molecule has 0 atom stereocenters. The maximum Gasteiger partial charge on any atom is 0.278 e. The van der Waals surface area contributed by atoms with Crippen LogP contribution in [0.5, 0.6) is 5.75 Å². The summed E-state index contributed by atoms with van der Waals surface area (Å²) in [6, 6.07) is 7.73. The van der Waals surface area contributed by atoms with Crippen molar-refractivity contribution in [3.63, 3.8) is 0 Å². The molecule has 158 valence electrons. The molecule has 1 amide bonds. The molecule has 8 heteroatoms. The molecular formula is C22H26N4O3S. The summed E-state index contributed by atoms with van der Waals surface area (Å²) in [5.74, 6) is 0.921. The number of amides is 1. The zero-order chi connectivity index (χ0) is 21.3. The Kier molecular flexibility index (Phi) is 5.85. The van der Waals surface area contributed by atoms with E-state index < -0.39 is 0 Å². The predicted molar refractivity (Wildman–Crippen MR) is 120 cm³/mol. The van der Waals surface area contributed by atoms with Gasteiger partial charge in [-0.3, -0.25) is 14.2 Å². The Morgan fingerprint density at radius 2 is 2.13 bits per heavy atom. The van der Waals surface area contributed by atoms with Crippen molar-refractivity contribution in [3.05, 3.63) is 45.9 Å². The normalized spacial score (nSPS) is 13.4. The molecule has 2 aromatic heterocycles. The van der Waals surface area contributed by atoms with Crippen LogP contribution < -0.4 is 15.2 Å². The fourth-order valence-corrected chi connectivity index (χ4v) is 4.53. The van der Waals surface area contributed by atoms with Gasteiger partial charge < -0.3 is 14.6 Å². The van der Waals surface area contributed by atoms with E-state index in [-0.39, 0.29) is 17.2 Å². The lowest BCUT2D eigenvalue weighted by Crippen LogP contribution is -2.39. The van der Waals surface area contributed by atoms with Crippen molar-refractivity contribution < 1.29 is 9.53 Å². The molecule has 1 aliphatic heterocycles. The van der Waals surface area contributed by atoms with E-state index in [0.29, 0.717) is 35.9 Å². The Labute approximate surface area is 179 Å². The fraction of sp³-hybridized carbons (Fsp3) is 0.409. The first kappa shape index (κ1) is 20.5. The molecule has 1 aliphatic rings. The first-order chi connectivity index (χ1) is 14.5. The number of nitrogens with one attached hydrogen (secondary N) is 1. The van der Waals surface area contributed by atoms with Crippen molar-refractivity contribution in [2.45, 2.75) is 45.3 Å². The van der Waals surface area contributed by atoms with E-state index in [2.05, 4.69) is 16.9 Å². The minimum Gasteiger partial charge on any atom is -0.490 e. The van der Waals surface area contributed by atoms with Crippen LogP contribution in [0.4, 0.5) is 5.69 Å². The van der Waals surface area contributed by atoms with E-state index in [9.17, 15) is 9.59 Å². The quantitative estimate of drug-likeness (QED) is 0.481. The van der Waals surface area contributed by atoms with E-state index >= 15 is 0 Å². The number of fused-ring (bicyclic) bond motifs is 2. The molecule has 0 radical (unpaired) electrons. The zero-order valence-electron chi connectivity index (χ0n) is 17.5. The molecule has 0 aliphatic carbocycles. The molecule has 0 saturated carbocycles. The lowest BCUT2D eigenvalue weighted by atomic mass is 10.1. The lowest BCUT2D eigenvalue weighted by molar-refractivity contribution is -0.116. The minimum absolute atomic E-state index is 0.0169. The third-order valence-corrected chi connectivity index (χ3v) is 6.14. The SMILES string of the molecule is CCCCn1c(SCC(=O)N2CCOc3ccc(C)cc32)nc2cc(C)[nH]c2c1=O. The topological polar surface area (TPSA) is 80.2 Å². The first-order valence-corrected chi connectivity index (χ1v) is 11.2. The van der Waals surface area contributed by atoms with Crippen LogP contribution in [0.2, 0.25) is 0 Å². The molecular weight excluding hydrogens is 400 g/mol. The molecule has 4 rings (SSSR count). The van der Waals surface area contributed by atoms with E-state index in [1.54, 1.807) is 9.47 Å². The predicted octanol–water partition coefficient (Wildman–Crippen LogP) is 3.66. The monoisotopic (exact) mass is 426 g/mol. The number of ether oxygens (including phenoxy) is 1. The summed E-state index contributed by atoms with van der Waals surface area (Å²) in [5.41, 5.74) is 3.87. The third-order valence-electron chi connectivity index (χ3n) is 5.18. The lowest BCUT2D eigenvalue weighted by Gasteiger charge is -2.29. The van der Waals surface area contributed by atoms with Crippen LogP contribution in [0.1, 0.15) is 31.0 Å².